The molecule has 21 heavy (non-hydrogen) atoms. The maximum absolute atomic E-state index is 10.9. The van der Waals surface area contributed by atoms with Gasteiger partial charge in [0.15, 0.2) is 0 Å². The van der Waals surface area contributed by atoms with Crippen LogP contribution in [0.2, 0.25) is 10.0 Å². The predicted octanol–water partition coefficient (Wildman–Crippen LogP) is 3.85. The van der Waals surface area contributed by atoms with Crippen molar-refractivity contribution in [2.75, 3.05) is 0 Å². The summed E-state index contributed by atoms with van der Waals surface area (Å²) in [5.41, 5.74) is 1.06. The summed E-state index contributed by atoms with van der Waals surface area (Å²) < 4.78 is 1.36. The molecule has 0 atom stereocenters. The maximum atomic E-state index is 10.9. The van der Waals surface area contributed by atoms with Crippen LogP contribution in [0.5, 0.6) is 0 Å². The Bertz CT molecular complexity index is 876. The summed E-state index contributed by atoms with van der Waals surface area (Å²) in [7, 11) is 1.55. The highest BCUT2D eigenvalue weighted by molar-refractivity contribution is 6.36. The van der Waals surface area contributed by atoms with Gasteiger partial charge in [-0.05, 0) is 29.2 Å². The highest BCUT2D eigenvalue weighted by atomic mass is 35.5. The number of nitro groups is 1. The third kappa shape index (κ3) is 2.32. The molecule has 0 aliphatic carbocycles. The van der Waals surface area contributed by atoms with Crippen molar-refractivity contribution in [2.45, 2.75) is 0 Å². The lowest BCUT2D eigenvalue weighted by atomic mass is 10.2. The van der Waals surface area contributed by atoms with E-state index in [2.05, 4.69) is 9.97 Å². The van der Waals surface area contributed by atoms with Crippen LogP contribution >= 0.6 is 23.2 Å². The number of fused-ring (bicyclic) bond motifs is 1. The van der Waals surface area contributed by atoms with Crippen LogP contribution in [-0.4, -0.2) is 19.5 Å². The van der Waals surface area contributed by atoms with Crippen molar-refractivity contribution >= 4 is 39.9 Å². The van der Waals surface area contributed by atoms with Crippen LogP contribution in [0.3, 0.4) is 0 Å². The number of aromatic nitrogens is 3. The van der Waals surface area contributed by atoms with Crippen LogP contribution in [0.1, 0.15) is 0 Å². The molecule has 6 nitrogen and oxygen atoms in total. The molecule has 0 radical (unpaired) electrons. The third-order valence-corrected chi connectivity index (χ3v) is 3.65. The molecule has 0 fully saturated rings. The predicted molar refractivity (Wildman–Crippen MR) is 80.6 cm³/mol. The molecule has 0 amide bonds. The molecule has 2 heterocycles. The zero-order valence-corrected chi connectivity index (χ0v) is 12.3. The number of hydrogen-bond donors (Lipinski definition) is 0. The topological polar surface area (TPSA) is 73.8 Å². The molecule has 106 valence electrons. The highest BCUT2D eigenvalue weighted by Gasteiger charge is 2.20. The van der Waals surface area contributed by atoms with Gasteiger partial charge in [-0.1, -0.05) is 23.2 Å². The molecule has 3 aromatic rings. The first-order valence-electron chi connectivity index (χ1n) is 5.89. The normalized spacial score (nSPS) is 11.0. The Labute approximate surface area is 129 Å². The number of rotatable bonds is 2. The number of benzene rings is 1. The van der Waals surface area contributed by atoms with Crippen molar-refractivity contribution in [3.8, 4) is 11.5 Å². The van der Waals surface area contributed by atoms with Gasteiger partial charge in [-0.3, -0.25) is 0 Å². The largest absolute Gasteiger partial charge is 0.358 e. The Morgan fingerprint density at radius 2 is 2.05 bits per heavy atom. The summed E-state index contributed by atoms with van der Waals surface area (Å²) in [5, 5.41) is 12.6. The van der Waals surface area contributed by atoms with Gasteiger partial charge < -0.3 is 10.1 Å². The summed E-state index contributed by atoms with van der Waals surface area (Å²) in [4.78, 5) is 18.8. The van der Waals surface area contributed by atoms with E-state index >= 15 is 0 Å². The Kier molecular flexibility index (Phi) is 3.27. The van der Waals surface area contributed by atoms with Crippen LogP contribution in [-0.2, 0) is 7.05 Å². The summed E-state index contributed by atoms with van der Waals surface area (Å²) in [6.07, 6.45) is 1.19. The van der Waals surface area contributed by atoms with E-state index in [4.69, 9.17) is 23.2 Å². The summed E-state index contributed by atoms with van der Waals surface area (Å²) in [6.45, 7) is 0. The van der Waals surface area contributed by atoms with E-state index < -0.39 is 4.92 Å². The Morgan fingerprint density at radius 1 is 1.29 bits per heavy atom. The van der Waals surface area contributed by atoms with Crippen molar-refractivity contribution in [1.29, 1.82) is 0 Å². The second kappa shape index (κ2) is 4.98. The Hall–Kier alpha value is -2.18. The summed E-state index contributed by atoms with van der Waals surface area (Å²) in [5.74, 6) is 0.250. The quantitative estimate of drug-likeness (QED) is 0.530. The lowest BCUT2D eigenvalue weighted by molar-refractivity contribution is -0.391. The first-order chi connectivity index (χ1) is 9.97. The van der Waals surface area contributed by atoms with Crippen LogP contribution in [0, 0.1) is 10.1 Å². The summed E-state index contributed by atoms with van der Waals surface area (Å²) >= 11 is 12.2. The van der Waals surface area contributed by atoms with E-state index in [9.17, 15) is 10.1 Å². The van der Waals surface area contributed by atoms with E-state index in [0.29, 0.717) is 27.1 Å². The van der Waals surface area contributed by atoms with Crippen molar-refractivity contribution in [1.82, 2.24) is 14.5 Å². The van der Waals surface area contributed by atoms with Crippen molar-refractivity contribution < 1.29 is 4.92 Å². The standard InChI is InChI=1S/C13H8Cl2N4O2/c1-18-12(19(20)21)6-16-13(18)11-5-9(15)8-3-2-7(14)4-10(8)17-11/h2-6H,1H3. The molecule has 8 heteroatoms. The second-order valence-electron chi connectivity index (χ2n) is 4.41. The van der Waals surface area contributed by atoms with Gasteiger partial charge in [-0.15, -0.1) is 0 Å². The fraction of sp³-hybridized carbons (Fsp3) is 0.0769. The third-order valence-electron chi connectivity index (χ3n) is 3.10. The van der Waals surface area contributed by atoms with E-state index in [1.54, 1.807) is 31.3 Å². The van der Waals surface area contributed by atoms with E-state index in [0.717, 1.165) is 5.39 Å². The molecule has 1 aromatic carbocycles. The number of nitrogens with zero attached hydrogens (tertiary/aromatic N) is 4. The molecule has 0 unspecified atom stereocenters. The SMILES string of the molecule is Cn1c([N+](=O)[O-])cnc1-c1cc(Cl)c2ccc(Cl)cc2n1. The first-order valence-corrected chi connectivity index (χ1v) is 6.65. The molecule has 0 saturated carbocycles. The molecule has 3 rings (SSSR count). The van der Waals surface area contributed by atoms with Crippen molar-refractivity contribution in [2.24, 2.45) is 7.05 Å². The average molecular weight is 323 g/mol. The minimum absolute atomic E-state index is 0.117. The number of halogens is 2. The van der Waals surface area contributed by atoms with Gasteiger partial charge in [0.2, 0.25) is 5.82 Å². The van der Waals surface area contributed by atoms with Gasteiger partial charge in [-0.25, -0.2) is 14.5 Å². The maximum Gasteiger partial charge on any atom is 0.342 e. The average Bonchev–Trinajstić information content (AvgIpc) is 2.80. The van der Waals surface area contributed by atoms with Crippen LogP contribution in [0.15, 0.2) is 30.5 Å². The number of imidazole rings is 1. The molecular formula is C13H8Cl2N4O2. The van der Waals surface area contributed by atoms with Gasteiger partial charge in [-0.2, -0.15) is 0 Å². The van der Waals surface area contributed by atoms with E-state index in [1.807, 2.05) is 0 Å². The lowest BCUT2D eigenvalue weighted by Crippen LogP contribution is -2.00. The number of pyridine rings is 1. The molecule has 2 aromatic heterocycles. The van der Waals surface area contributed by atoms with Gasteiger partial charge in [0.1, 0.15) is 11.9 Å². The smallest absolute Gasteiger partial charge is 0.342 e. The van der Waals surface area contributed by atoms with Crippen molar-refractivity contribution in [3.05, 3.63) is 50.6 Å². The first kappa shape index (κ1) is 13.8. The molecule has 0 bridgehead atoms. The monoisotopic (exact) mass is 322 g/mol. The van der Waals surface area contributed by atoms with Crippen molar-refractivity contribution in [3.63, 3.8) is 0 Å². The Balaban J connectivity index is 2.23. The second-order valence-corrected chi connectivity index (χ2v) is 5.25. The van der Waals surface area contributed by atoms with Crippen LogP contribution in [0.4, 0.5) is 5.82 Å². The summed E-state index contributed by atoms with van der Waals surface area (Å²) in [6, 6.07) is 6.81. The molecule has 0 saturated heterocycles. The fourth-order valence-corrected chi connectivity index (χ4v) is 2.51. The minimum atomic E-state index is -0.504. The fourth-order valence-electron chi connectivity index (χ4n) is 2.08. The molecule has 0 aliphatic rings. The van der Waals surface area contributed by atoms with Gasteiger partial charge in [0, 0.05) is 10.4 Å². The minimum Gasteiger partial charge on any atom is -0.358 e. The van der Waals surface area contributed by atoms with E-state index in [-0.39, 0.29) is 5.82 Å². The Morgan fingerprint density at radius 3 is 2.71 bits per heavy atom. The zero-order valence-electron chi connectivity index (χ0n) is 10.7. The van der Waals surface area contributed by atoms with Crippen LogP contribution < -0.4 is 0 Å². The lowest BCUT2D eigenvalue weighted by Gasteiger charge is -2.04. The zero-order chi connectivity index (χ0) is 15.1. The molecule has 0 spiro atoms. The van der Waals surface area contributed by atoms with Gasteiger partial charge >= 0.3 is 5.82 Å². The van der Waals surface area contributed by atoms with Gasteiger partial charge in [0.05, 0.1) is 17.6 Å². The van der Waals surface area contributed by atoms with Gasteiger partial charge in [0.25, 0.3) is 0 Å². The highest BCUT2D eigenvalue weighted by Crippen LogP contribution is 2.30. The molecule has 0 N–H and O–H groups in total. The molecular weight excluding hydrogens is 315 g/mol. The number of hydrogen-bond acceptors (Lipinski definition) is 4. The van der Waals surface area contributed by atoms with Crippen LogP contribution in [0.25, 0.3) is 22.4 Å². The molecule has 0 aliphatic heterocycles. The van der Waals surface area contributed by atoms with E-state index in [1.165, 1.54) is 10.8 Å².